The van der Waals surface area contributed by atoms with Crippen LogP contribution in [0.2, 0.25) is 0 Å². The second kappa shape index (κ2) is 2.77. The van der Waals surface area contributed by atoms with Gasteiger partial charge in [0, 0.05) is 31.6 Å². The van der Waals surface area contributed by atoms with Gasteiger partial charge in [0.15, 0.2) is 0 Å². The number of carbonyl (C=O) groups excluding carboxylic acids is 1. The molecule has 5 heteroatoms. The Hall–Kier alpha value is -0.940. The third-order valence-electron chi connectivity index (χ3n) is 3.61. The predicted molar refractivity (Wildman–Crippen MR) is 51.9 cm³/mol. The summed E-state index contributed by atoms with van der Waals surface area (Å²) in [7, 11) is 2.11. The fourth-order valence-corrected chi connectivity index (χ4v) is 2.75. The number of piperidine rings is 1. The van der Waals surface area contributed by atoms with E-state index in [1.54, 1.807) is 0 Å². The van der Waals surface area contributed by atoms with Crippen LogP contribution >= 0.6 is 0 Å². The van der Waals surface area contributed by atoms with Crippen molar-refractivity contribution in [3.8, 4) is 0 Å². The molecular weight excluding hydrogens is 180 g/mol. The molecular formula is C9H14N4O. The van der Waals surface area contributed by atoms with E-state index in [-0.39, 0.29) is 11.8 Å². The van der Waals surface area contributed by atoms with E-state index in [1.807, 2.05) is 0 Å². The van der Waals surface area contributed by atoms with Gasteiger partial charge >= 0.3 is 0 Å². The highest BCUT2D eigenvalue weighted by Crippen LogP contribution is 2.29. The molecule has 3 heterocycles. The number of hydrogen-bond donors (Lipinski definition) is 2. The Balaban J connectivity index is 1.96. The van der Waals surface area contributed by atoms with E-state index < -0.39 is 0 Å². The van der Waals surface area contributed by atoms with Gasteiger partial charge in [-0.2, -0.15) is 5.10 Å². The summed E-state index contributed by atoms with van der Waals surface area (Å²) < 4.78 is 0. The lowest BCUT2D eigenvalue weighted by atomic mass is 9.82. The van der Waals surface area contributed by atoms with Gasteiger partial charge in [0.25, 0.3) is 5.91 Å². The number of amides is 1. The number of hydrogen-bond acceptors (Lipinski definition) is 4. The molecule has 0 aliphatic carbocycles. The fourth-order valence-electron chi connectivity index (χ4n) is 2.75. The number of piperazine rings is 1. The van der Waals surface area contributed by atoms with Gasteiger partial charge in [0.1, 0.15) is 0 Å². The van der Waals surface area contributed by atoms with Gasteiger partial charge in [0.05, 0.1) is 11.6 Å². The molecule has 3 rings (SSSR count). The lowest BCUT2D eigenvalue weighted by molar-refractivity contribution is -0.124. The summed E-state index contributed by atoms with van der Waals surface area (Å²) in [6.07, 6.45) is 0.920. The number of carbonyl (C=O) groups is 1. The van der Waals surface area contributed by atoms with Crippen molar-refractivity contribution >= 4 is 11.6 Å². The molecule has 2 fully saturated rings. The highest BCUT2D eigenvalue weighted by atomic mass is 16.2. The minimum absolute atomic E-state index is 0.0101. The van der Waals surface area contributed by atoms with Crippen LogP contribution in [-0.2, 0) is 4.79 Å². The van der Waals surface area contributed by atoms with Gasteiger partial charge < -0.3 is 5.32 Å². The van der Waals surface area contributed by atoms with Crippen molar-refractivity contribution in [2.45, 2.75) is 18.5 Å². The monoisotopic (exact) mass is 194 g/mol. The van der Waals surface area contributed by atoms with Gasteiger partial charge in [-0.05, 0) is 7.05 Å². The standard InChI is InChI=1S/C9H14N4O/c1-13-5-2-6-8(9(14)12-11-6)7(13)4-10-3-5/h5,7-8,10H,2-4H2,1H3,(H,12,14). The minimum Gasteiger partial charge on any atom is -0.314 e. The first-order chi connectivity index (χ1) is 6.77. The zero-order valence-corrected chi connectivity index (χ0v) is 8.16. The van der Waals surface area contributed by atoms with Crippen molar-refractivity contribution in [2.75, 3.05) is 20.1 Å². The average Bonchev–Trinajstić information content (AvgIpc) is 2.47. The number of hydrazone groups is 1. The number of nitrogens with zero attached hydrogens (tertiary/aromatic N) is 2. The Morgan fingerprint density at radius 3 is 3.21 bits per heavy atom. The molecule has 3 unspecified atom stereocenters. The Kier molecular flexibility index (Phi) is 1.66. The molecule has 14 heavy (non-hydrogen) atoms. The molecule has 3 aliphatic rings. The zero-order valence-electron chi connectivity index (χ0n) is 8.16. The summed E-state index contributed by atoms with van der Waals surface area (Å²) in [5.41, 5.74) is 3.65. The van der Waals surface area contributed by atoms with Crippen molar-refractivity contribution in [1.82, 2.24) is 15.6 Å². The molecule has 1 amide bonds. The SMILES string of the molecule is CN1C2CNCC1C1C(=O)NN=C1C2. The summed E-state index contributed by atoms with van der Waals surface area (Å²) in [5.74, 6) is 0.0584. The molecule has 2 saturated heterocycles. The maximum Gasteiger partial charge on any atom is 0.250 e. The Morgan fingerprint density at radius 1 is 1.50 bits per heavy atom. The molecule has 0 aromatic carbocycles. The molecule has 2 N–H and O–H groups in total. The molecule has 5 nitrogen and oxygen atoms in total. The fraction of sp³-hybridized carbons (Fsp3) is 0.778. The first kappa shape index (κ1) is 8.38. The van der Waals surface area contributed by atoms with Crippen LogP contribution in [0.1, 0.15) is 6.42 Å². The maximum absolute atomic E-state index is 11.6. The molecule has 3 aliphatic heterocycles. The van der Waals surface area contributed by atoms with Gasteiger partial charge in [-0.1, -0.05) is 0 Å². The maximum atomic E-state index is 11.6. The highest BCUT2D eigenvalue weighted by Gasteiger charge is 2.47. The average molecular weight is 194 g/mol. The van der Waals surface area contributed by atoms with Gasteiger partial charge in [-0.15, -0.1) is 0 Å². The second-order valence-electron chi connectivity index (χ2n) is 4.31. The third kappa shape index (κ3) is 0.965. The molecule has 0 radical (unpaired) electrons. The van der Waals surface area contributed by atoms with Crippen molar-refractivity contribution in [2.24, 2.45) is 11.0 Å². The van der Waals surface area contributed by atoms with E-state index in [0.29, 0.717) is 12.1 Å². The van der Waals surface area contributed by atoms with Crippen LogP contribution in [0, 0.1) is 5.92 Å². The van der Waals surface area contributed by atoms with Gasteiger partial charge in [-0.3, -0.25) is 9.69 Å². The molecule has 0 saturated carbocycles. The van der Waals surface area contributed by atoms with Crippen LogP contribution in [0.5, 0.6) is 0 Å². The topological polar surface area (TPSA) is 56.7 Å². The Bertz CT molecular complexity index is 314. The number of rotatable bonds is 0. The largest absolute Gasteiger partial charge is 0.314 e. The first-order valence-electron chi connectivity index (χ1n) is 5.06. The van der Waals surface area contributed by atoms with Crippen LogP contribution in [0.3, 0.4) is 0 Å². The van der Waals surface area contributed by atoms with Crippen LogP contribution in [0.4, 0.5) is 0 Å². The second-order valence-corrected chi connectivity index (χ2v) is 4.31. The lowest BCUT2D eigenvalue weighted by Crippen LogP contribution is -2.64. The van der Waals surface area contributed by atoms with E-state index in [1.165, 1.54) is 0 Å². The zero-order chi connectivity index (χ0) is 9.71. The third-order valence-corrected chi connectivity index (χ3v) is 3.61. The van der Waals surface area contributed by atoms with E-state index in [9.17, 15) is 4.79 Å². The minimum atomic E-state index is -0.0101. The molecule has 0 aromatic rings. The molecule has 0 aromatic heterocycles. The summed E-state index contributed by atoms with van der Waals surface area (Å²) >= 11 is 0. The molecule has 2 bridgehead atoms. The summed E-state index contributed by atoms with van der Waals surface area (Å²) in [6.45, 7) is 1.90. The summed E-state index contributed by atoms with van der Waals surface area (Å²) in [6, 6.07) is 0.806. The van der Waals surface area contributed by atoms with E-state index >= 15 is 0 Å². The normalized spacial score (nSPS) is 41.6. The van der Waals surface area contributed by atoms with Crippen molar-refractivity contribution in [3.63, 3.8) is 0 Å². The molecule has 76 valence electrons. The van der Waals surface area contributed by atoms with Crippen molar-refractivity contribution in [3.05, 3.63) is 0 Å². The van der Waals surface area contributed by atoms with E-state index in [0.717, 1.165) is 25.2 Å². The van der Waals surface area contributed by atoms with Crippen LogP contribution < -0.4 is 10.7 Å². The number of nitrogens with one attached hydrogen (secondary N) is 2. The predicted octanol–water partition coefficient (Wildman–Crippen LogP) is -1.24. The quantitative estimate of drug-likeness (QED) is 0.507. The highest BCUT2D eigenvalue weighted by molar-refractivity contribution is 6.09. The van der Waals surface area contributed by atoms with Crippen molar-refractivity contribution in [1.29, 1.82) is 0 Å². The van der Waals surface area contributed by atoms with Crippen LogP contribution in [-0.4, -0.2) is 48.7 Å². The van der Waals surface area contributed by atoms with Gasteiger partial charge in [0.2, 0.25) is 0 Å². The lowest BCUT2D eigenvalue weighted by Gasteiger charge is -2.46. The van der Waals surface area contributed by atoms with Gasteiger partial charge in [-0.25, -0.2) is 5.43 Å². The van der Waals surface area contributed by atoms with Crippen LogP contribution in [0.15, 0.2) is 5.10 Å². The number of fused-ring (bicyclic) bond motifs is 4. The summed E-state index contributed by atoms with van der Waals surface area (Å²) in [5, 5.41) is 7.49. The van der Waals surface area contributed by atoms with E-state index in [4.69, 9.17) is 0 Å². The molecule has 0 spiro atoms. The van der Waals surface area contributed by atoms with Crippen LogP contribution in [0.25, 0.3) is 0 Å². The summed E-state index contributed by atoms with van der Waals surface area (Å²) in [4.78, 5) is 13.9. The van der Waals surface area contributed by atoms with Crippen molar-refractivity contribution < 1.29 is 4.79 Å². The Morgan fingerprint density at radius 2 is 2.36 bits per heavy atom. The first-order valence-corrected chi connectivity index (χ1v) is 5.06. The smallest absolute Gasteiger partial charge is 0.250 e. The molecule has 3 atom stereocenters. The Labute approximate surface area is 82.5 Å². The van der Waals surface area contributed by atoms with E-state index in [2.05, 4.69) is 27.8 Å². The number of likely N-dealkylation sites (N-methyl/N-ethyl adjacent to an activating group) is 1.